The monoisotopic (exact) mass is 290 g/mol. The number of nitrogens with one attached hydrogen (secondary N) is 1. The summed E-state index contributed by atoms with van der Waals surface area (Å²) in [6.45, 7) is 1.75. The van der Waals surface area contributed by atoms with Crippen LogP contribution in [0.1, 0.15) is 22.8 Å². The number of aliphatic hydroxyl groups is 1. The molecule has 0 aliphatic carbocycles. The van der Waals surface area contributed by atoms with E-state index in [1.807, 2.05) is 0 Å². The molecule has 1 aromatic carbocycles. The smallest absolute Gasteiger partial charge is 0.251 e. The highest BCUT2D eigenvalue weighted by atomic mass is 35.5. The van der Waals surface area contributed by atoms with Crippen LogP contribution in [-0.2, 0) is 5.60 Å². The number of aromatic nitrogens is 1. The molecule has 0 aliphatic rings. The molecule has 0 radical (unpaired) electrons. The number of pyridine rings is 1. The molecule has 0 aliphatic heterocycles. The van der Waals surface area contributed by atoms with Gasteiger partial charge in [0.15, 0.2) is 0 Å². The lowest BCUT2D eigenvalue weighted by molar-refractivity contribution is 0.0526. The minimum absolute atomic E-state index is 0.107. The first-order chi connectivity index (χ1) is 9.49. The maximum Gasteiger partial charge on any atom is 0.251 e. The van der Waals surface area contributed by atoms with Crippen molar-refractivity contribution in [2.45, 2.75) is 12.5 Å². The van der Waals surface area contributed by atoms with Gasteiger partial charge in [0.25, 0.3) is 5.91 Å². The Balaban J connectivity index is 2.02. The number of carbonyl (C=O) groups is 1. The summed E-state index contributed by atoms with van der Waals surface area (Å²) < 4.78 is 0. The molecule has 5 heteroatoms. The number of nitrogens with zero attached hydrogens (tertiary/aromatic N) is 1. The molecule has 0 spiro atoms. The molecular weight excluding hydrogens is 276 g/mol. The zero-order valence-electron chi connectivity index (χ0n) is 11.0. The fraction of sp³-hybridized carbons (Fsp3) is 0.200. The molecule has 0 bridgehead atoms. The Kier molecular flexibility index (Phi) is 4.37. The molecule has 1 amide bonds. The number of hydrogen-bond donors (Lipinski definition) is 2. The van der Waals surface area contributed by atoms with Gasteiger partial charge in [-0.1, -0.05) is 23.7 Å². The normalized spacial score (nSPS) is 13.6. The van der Waals surface area contributed by atoms with Gasteiger partial charge in [0.1, 0.15) is 5.60 Å². The molecule has 2 rings (SSSR count). The Morgan fingerprint density at radius 3 is 2.45 bits per heavy atom. The summed E-state index contributed by atoms with van der Waals surface area (Å²) in [6, 6.07) is 10.1. The summed E-state index contributed by atoms with van der Waals surface area (Å²) >= 11 is 5.81. The maximum absolute atomic E-state index is 11.9. The van der Waals surface area contributed by atoms with E-state index in [1.165, 1.54) is 0 Å². The van der Waals surface area contributed by atoms with Gasteiger partial charge >= 0.3 is 0 Å². The van der Waals surface area contributed by atoms with Crippen LogP contribution >= 0.6 is 11.6 Å². The quantitative estimate of drug-likeness (QED) is 0.909. The van der Waals surface area contributed by atoms with Crippen molar-refractivity contribution in [2.24, 2.45) is 0 Å². The third-order valence-corrected chi connectivity index (χ3v) is 3.25. The van der Waals surface area contributed by atoms with Crippen molar-refractivity contribution < 1.29 is 9.90 Å². The summed E-state index contributed by atoms with van der Waals surface area (Å²) in [4.78, 5) is 15.8. The molecule has 2 aromatic rings. The van der Waals surface area contributed by atoms with Gasteiger partial charge in [-0.15, -0.1) is 0 Å². The zero-order chi connectivity index (χ0) is 14.6. The molecule has 104 valence electrons. The van der Waals surface area contributed by atoms with Crippen molar-refractivity contribution in [3.63, 3.8) is 0 Å². The highest BCUT2D eigenvalue weighted by molar-refractivity contribution is 6.30. The maximum atomic E-state index is 11.9. The largest absolute Gasteiger partial charge is 0.384 e. The lowest BCUT2D eigenvalue weighted by atomic mass is 9.96. The van der Waals surface area contributed by atoms with E-state index in [9.17, 15) is 9.90 Å². The van der Waals surface area contributed by atoms with Crippen LogP contribution in [0.4, 0.5) is 0 Å². The van der Waals surface area contributed by atoms with Gasteiger partial charge in [0.2, 0.25) is 0 Å². The molecule has 0 saturated heterocycles. The van der Waals surface area contributed by atoms with Gasteiger partial charge in [-0.25, -0.2) is 0 Å². The van der Waals surface area contributed by atoms with Crippen molar-refractivity contribution >= 4 is 17.5 Å². The number of carbonyl (C=O) groups excluding carboxylic acids is 1. The Bertz CT molecular complexity index is 583. The van der Waals surface area contributed by atoms with E-state index in [4.69, 9.17) is 11.6 Å². The van der Waals surface area contributed by atoms with Gasteiger partial charge in [0.05, 0.1) is 6.54 Å². The van der Waals surface area contributed by atoms with Crippen LogP contribution in [0, 0.1) is 0 Å². The van der Waals surface area contributed by atoms with Crippen LogP contribution in [0.2, 0.25) is 5.02 Å². The highest BCUT2D eigenvalue weighted by Gasteiger charge is 2.23. The fourth-order valence-corrected chi connectivity index (χ4v) is 1.89. The predicted octanol–water partition coefficient (Wildman–Crippen LogP) is 2.37. The predicted molar refractivity (Wildman–Crippen MR) is 77.6 cm³/mol. The number of halogens is 1. The van der Waals surface area contributed by atoms with Crippen LogP contribution < -0.4 is 5.32 Å². The van der Waals surface area contributed by atoms with Crippen molar-refractivity contribution in [3.8, 4) is 0 Å². The van der Waals surface area contributed by atoms with Crippen molar-refractivity contribution in [1.29, 1.82) is 0 Å². The van der Waals surface area contributed by atoms with Crippen LogP contribution in [0.5, 0.6) is 0 Å². The van der Waals surface area contributed by atoms with Crippen LogP contribution in [0.15, 0.2) is 48.8 Å². The SMILES string of the molecule is CC(O)(CNC(=O)c1ccncc1)c1ccc(Cl)cc1. The minimum atomic E-state index is -1.16. The van der Waals surface area contributed by atoms with Gasteiger partial charge < -0.3 is 10.4 Å². The Morgan fingerprint density at radius 2 is 1.85 bits per heavy atom. The van der Waals surface area contributed by atoms with Crippen molar-refractivity contribution in [2.75, 3.05) is 6.54 Å². The Morgan fingerprint density at radius 1 is 1.25 bits per heavy atom. The molecule has 2 N–H and O–H groups in total. The van der Waals surface area contributed by atoms with Gasteiger partial charge in [-0.05, 0) is 36.8 Å². The number of benzene rings is 1. The molecule has 4 nitrogen and oxygen atoms in total. The van der Waals surface area contributed by atoms with Crippen LogP contribution in [-0.4, -0.2) is 22.5 Å². The number of amides is 1. The first kappa shape index (κ1) is 14.5. The molecule has 1 unspecified atom stereocenters. The molecule has 1 heterocycles. The fourth-order valence-electron chi connectivity index (χ4n) is 1.77. The average Bonchev–Trinajstić information content (AvgIpc) is 2.46. The summed E-state index contributed by atoms with van der Waals surface area (Å²) in [6.07, 6.45) is 3.10. The molecule has 1 atom stereocenters. The van der Waals surface area contributed by atoms with Crippen LogP contribution in [0.3, 0.4) is 0 Å². The first-order valence-electron chi connectivity index (χ1n) is 6.16. The van der Waals surface area contributed by atoms with Crippen molar-refractivity contribution in [3.05, 3.63) is 64.9 Å². The van der Waals surface area contributed by atoms with Gasteiger partial charge in [-0.3, -0.25) is 9.78 Å². The van der Waals surface area contributed by atoms with E-state index in [-0.39, 0.29) is 12.5 Å². The zero-order valence-corrected chi connectivity index (χ0v) is 11.8. The molecule has 0 saturated carbocycles. The van der Waals surface area contributed by atoms with E-state index in [0.29, 0.717) is 16.1 Å². The second-order valence-corrected chi connectivity index (χ2v) is 5.14. The summed E-state index contributed by atoms with van der Waals surface area (Å²) in [5, 5.41) is 13.7. The topological polar surface area (TPSA) is 62.2 Å². The Hall–Kier alpha value is -1.91. The van der Waals surface area contributed by atoms with E-state index < -0.39 is 5.60 Å². The Labute approximate surface area is 122 Å². The molecule has 20 heavy (non-hydrogen) atoms. The van der Waals surface area contributed by atoms with Gasteiger partial charge in [0, 0.05) is 23.0 Å². The molecule has 0 fully saturated rings. The summed E-state index contributed by atoms with van der Waals surface area (Å²) in [5.41, 5.74) is 0.0385. The summed E-state index contributed by atoms with van der Waals surface area (Å²) in [5.74, 6) is -0.248. The van der Waals surface area contributed by atoms with E-state index in [1.54, 1.807) is 55.7 Å². The van der Waals surface area contributed by atoms with E-state index >= 15 is 0 Å². The molecule has 1 aromatic heterocycles. The molecular formula is C15H15ClN2O2. The highest BCUT2D eigenvalue weighted by Crippen LogP contribution is 2.21. The minimum Gasteiger partial charge on any atom is -0.384 e. The number of hydrogen-bond acceptors (Lipinski definition) is 3. The second-order valence-electron chi connectivity index (χ2n) is 4.70. The average molecular weight is 291 g/mol. The van der Waals surface area contributed by atoms with Gasteiger partial charge in [-0.2, -0.15) is 0 Å². The standard InChI is InChI=1S/C15H15ClN2O2/c1-15(20,12-2-4-13(16)5-3-12)10-18-14(19)11-6-8-17-9-7-11/h2-9,20H,10H2,1H3,(H,18,19). The lowest BCUT2D eigenvalue weighted by Gasteiger charge is -2.24. The van der Waals surface area contributed by atoms with E-state index in [2.05, 4.69) is 10.3 Å². The third-order valence-electron chi connectivity index (χ3n) is 3.00. The first-order valence-corrected chi connectivity index (χ1v) is 6.53. The lowest BCUT2D eigenvalue weighted by Crippen LogP contribution is -2.38. The van der Waals surface area contributed by atoms with E-state index in [0.717, 1.165) is 0 Å². The van der Waals surface area contributed by atoms with Crippen molar-refractivity contribution in [1.82, 2.24) is 10.3 Å². The third kappa shape index (κ3) is 3.56. The number of rotatable bonds is 4. The second kappa shape index (κ2) is 6.03. The van der Waals surface area contributed by atoms with Crippen LogP contribution in [0.25, 0.3) is 0 Å². The summed E-state index contributed by atoms with van der Waals surface area (Å²) in [7, 11) is 0.